The zero-order chi connectivity index (χ0) is 19.1. The quantitative estimate of drug-likeness (QED) is 0.692. The number of aliphatic hydroxyl groups is 1. The Morgan fingerprint density at radius 2 is 1.58 bits per heavy atom. The molecule has 0 amide bonds. The number of benzene rings is 2. The van der Waals surface area contributed by atoms with Crippen LogP contribution in [0.3, 0.4) is 0 Å². The molecule has 2 aromatic rings. The van der Waals surface area contributed by atoms with Gasteiger partial charge in [0.25, 0.3) is 0 Å². The highest BCUT2D eigenvalue weighted by atomic mass is 16.3. The van der Waals surface area contributed by atoms with Gasteiger partial charge in [0.1, 0.15) is 5.75 Å². The van der Waals surface area contributed by atoms with E-state index in [2.05, 4.69) is 62.9 Å². The Morgan fingerprint density at radius 1 is 0.923 bits per heavy atom. The first kappa shape index (κ1) is 20.5. The summed E-state index contributed by atoms with van der Waals surface area (Å²) in [6, 6.07) is 17.1. The number of phenolic OH excluding ortho intramolecular Hbond substituents is 1. The first-order valence-electron chi connectivity index (χ1n) is 9.67. The van der Waals surface area contributed by atoms with Gasteiger partial charge in [-0.15, -0.1) is 0 Å². The highest BCUT2D eigenvalue weighted by molar-refractivity contribution is 5.43. The van der Waals surface area contributed by atoms with Gasteiger partial charge in [0.05, 0.1) is 0 Å². The third kappa shape index (κ3) is 5.33. The Labute approximate surface area is 158 Å². The van der Waals surface area contributed by atoms with Gasteiger partial charge >= 0.3 is 0 Å². The van der Waals surface area contributed by atoms with Crippen molar-refractivity contribution in [3.8, 4) is 5.75 Å². The number of phenols is 1. The van der Waals surface area contributed by atoms with Crippen molar-refractivity contribution in [2.45, 2.75) is 58.5 Å². The van der Waals surface area contributed by atoms with Crippen LogP contribution in [0.2, 0.25) is 0 Å². The van der Waals surface area contributed by atoms with Gasteiger partial charge in [-0.05, 0) is 64.3 Å². The Hall–Kier alpha value is -1.84. The van der Waals surface area contributed by atoms with Crippen molar-refractivity contribution in [1.82, 2.24) is 4.90 Å². The molecule has 3 heteroatoms. The van der Waals surface area contributed by atoms with E-state index in [1.54, 1.807) is 6.07 Å². The van der Waals surface area contributed by atoms with Gasteiger partial charge in [0.2, 0.25) is 0 Å². The zero-order valence-corrected chi connectivity index (χ0v) is 16.5. The smallest absolute Gasteiger partial charge is 0.119 e. The summed E-state index contributed by atoms with van der Waals surface area (Å²) >= 11 is 0. The summed E-state index contributed by atoms with van der Waals surface area (Å²) in [6.45, 7) is 10.0. The predicted octanol–water partition coefficient (Wildman–Crippen LogP) is 4.57. The molecule has 0 radical (unpaired) electrons. The second kappa shape index (κ2) is 9.75. The van der Waals surface area contributed by atoms with Crippen molar-refractivity contribution in [2.24, 2.45) is 0 Å². The molecule has 2 aromatic carbocycles. The number of nitrogens with zero attached hydrogens (tertiary/aromatic N) is 1. The maximum atomic E-state index is 10.5. The highest BCUT2D eigenvalue weighted by Crippen LogP contribution is 2.35. The van der Waals surface area contributed by atoms with Crippen LogP contribution in [0.15, 0.2) is 48.5 Å². The van der Waals surface area contributed by atoms with Crippen LogP contribution in [0.5, 0.6) is 5.75 Å². The van der Waals surface area contributed by atoms with E-state index in [0.29, 0.717) is 24.3 Å². The maximum absolute atomic E-state index is 10.5. The Kier molecular flexibility index (Phi) is 7.67. The lowest BCUT2D eigenvalue weighted by atomic mass is 9.86. The average molecular weight is 356 g/mol. The number of aliphatic hydroxyl groups excluding tert-OH is 1. The summed E-state index contributed by atoms with van der Waals surface area (Å²) in [6.07, 6.45) is 1.55. The minimum atomic E-state index is 0.120. The lowest BCUT2D eigenvalue weighted by Crippen LogP contribution is -2.38. The van der Waals surface area contributed by atoms with Crippen molar-refractivity contribution < 1.29 is 10.2 Å². The van der Waals surface area contributed by atoms with E-state index in [4.69, 9.17) is 0 Å². The molecule has 3 nitrogen and oxygen atoms in total. The van der Waals surface area contributed by atoms with Gasteiger partial charge in [-0.25, -0.2) is 0 Å². The number of rotatable bonds is 9. The molecule has 0 aliphatic rings. The minimum Gasteiger partial charge on any atom is -0.508 e. The fraction of sp³-hybridized carbons (Fsp3) is 0.478. The van der Waals surface area contributed by atoms with Crippen molar-refractivity contribution in [3.05, 3.63) is 65.2 Å². The predicted molar refractivity (Wildman–Crippen MR) is 109 cm³/mol. The van der Waals surface area contributed by atoms with E-state index in [9.17, 15) is 10.2 Å². The molecule has 26 heavy (non-hydrogen) atoms. The highest BCUT2D eigenvalue weighted by Gasteiger charge is 2.21. The molecule has 142 valence electrons. The van der Waals surface area contributed by atoms with Crippen LogP contribution >= 0.6 is 0 Å². The van der Waals surface area contributed by atoms with Crippen LogP contribution in [0.4, 0.5) is 0 Å². The zero-order valence-electron chi connectivity index (χ0n) is 16.5. The Morgan fingerprint density at radius 3 is 2.15 bits per heavy atom. The SMILES string of the molecule is CC(C)N(CC[C@H](c1ccccc1)c1cc(CCO)ccc1O)C(C)C. The normalized spacial score (nSPS) is 12.9. The van der Waals surface area contributed by atoms with Gasteiger partial charge in [0.15, 0.2) is 0 Å². The fourth-order valence-electron chi connectivity index (χ4n) is 3.75. The van der Waals surface area contributed by atoms with Crippen LogP contribution in [0.1, 0.15) is 56.7 Å². The van der Waals surface area contributed by atoms with Gasteiger partial charge in [0, 0.05) is 30.2 Å². The molecule has 0 unspecified atom stereocenters. The standard InChI is InChI=1S/C23H33NO2/c1-17(2)24(18(3)4)14-12-21(20-8-6-5-7-9-20)22-16-19(13-15-25)10-11-23(22)26/h5-11,16-18,21,25-26H,12-15H2,1-4H3/t21-/m1/s1. The molecule has 0 fully saturated rings. The van der Waals surface area contributed by atoms with E-state index in [1.165, 1.54) is 5.56 Å². The van der Waals surface area contributed by atoms with Gasteiger partial charge in [-0.3, -0.25) is 4.90 Å². The first-order valence-corrected chi connectivity index (χ1v) is 9.67. The van der Waals surface area contributed by atoms with Crippen LogP contribution in [-0.4, -0.2) is 40.3 Å². The maximum Gasteiger partial charge on any atom is 0.119 e. The third-order valence-corrected chi connectivity index (χ3v) is 5.07. The molecule has 2 N–H and O–H groups in total. The Bertz CT molecular complexity index is 659. The van der Waals surface area contributed by atoms with Crippen molar-refractivity contribution in [2.75, 3.05) is 13.2 Å². The monoisotopic (exact) mass is 355 g/mol. The lowest BCUT2D eigenvalue weighted by Gasteiger charge is -2.32. The molecule has 0 saturated carbocycles. The molecule has 0 aliphatic heterocycles. The summed E-state index contributed by atoms with van der Waals surface area (Å²) in [5.41, 5.74) is 3.23. The van der Waals surface area contributed by atoms with Gasteiger partial charge in [-0.1, -0.05) is 42.5 Å². The summed E-state index contributed by atoms with van der Waals surface area (Å²) in [5.74, 6) is 0.469. The molecule has 0 aliphatic carbocycles. The van der Waals surface area contributed by atoms with E-state index in [0.717, 1.165) is 24.1 Å². The summed E-state index contributed by atoms with van der Waals surface area (Å²) in [7, 11) is 0. The molecule has 0 heterocycles. The van der Waals surface area contributed by atoms with E-state index >= 15 is 0 Å². The van der Waals surface area contributed by atoms with Crippen LogP contribution in [0.25, 0.3) is 0 Å². The van der Waals surface area contributed by atoms with Crippen LogP contribution in [-0.2, 0) is 6.42 Å². The average Bonchev–Trinajstić information content (AvgIpc) is 2.61. The van der Waals surface area contributed by atoms with E-state index < -0.39 is 0 Å². The first-order chi connectivity index (χ1) is 12.4. The molecular formula is C23H33NO2. The molecule has 0 bridgehead atoms. The van der Waals surface area contributed by atoms with Crippen LogP contribution in [0, 0.1) is 0 Å². The van der Waals surface area contributed by atoms with E-state index in [-0.39, 0.29) is 12.5 Å². The van der Waals surface area contributed by atoms with E-state index in [1.807, 2.05) is 12.1 Å². The van der Waals surface area contributed by atoms with Crippen molar-refractivity contribution in [3.63, 3.8) is 0 Å². The third-order valence-electron chi connectivity index (χ3n) is 5.07. The molecule has 2 rings (SSSR count). The topological polar surface area (TPSA) is 43.7 Å². The van der Waals surface area contributed by atoms with Crippen LogP contribution < -0.4 is 0 Å². The summed E-state index contributed by atoms with van der Waals surface area (Å²) < 4.78 is 0. The number of aromatic hydroxyl groups is 1. The van der Waals surface area contributed by atoms with Gasteiger partial charge in [-0.2, -0.15) is 0 Å². The van der Waals surface area contributed by atoms with Crippen molar-refractivity contribution in [1.29, 1.82) is 0 Å². The molecule has 0 spiro atoms. The summed E-state index contributed by atoms with van der Waals surface area (Å²) in [4.78, 5) is 2.49. The van der Waals surface area contributed by atoms with Gasteiger partial charge < -0.3 is 10.2 Å². The Balaban J connectivity index is 2.35. The second-order valence-electron chi connectivity index (χ2n) is 7.54. The number of hydrogen-bond acceptors (Lipinski definition) is 3. The lowest BCUT2D eigenvalue weighted by molar-refractivity contribution is 0.170. The van der Waals surface area contributed by atoms with Crippen molar-refractivity contribution >= 4 is 0 Å². The fourth-order valence-corrected chi connectivity index (χ4v) is 3.75. The minimum absolute atomic E-state index is 0.120. The molecule has 1 atom stereocenters. The second-order valence-corrected chi connectivity index (χ2v) is 7.54. The largest absolute Gasteiger partial charge is 0.508 e. The molecular weight excluding hydrogens is 322 g/mol. The molecule has 0 saturated heterocycles. The summed E-state index contributed by atoms with van der Waals surface area (Å²) in [5, 5.41) is 19.8. The number of hydrogen-bond donors (Lipinski definition) is 2. The molecule has 0 aromatic heterocycles.